The monoisotopic (exact) mass is 557 g/mol. The number of esters is 3. The van der Waals surface area contributed by atoms with E-state index < -0.39 is 42.8 Å². The highest BCUT2D eigenvalue weighted by atomic mass is 16.6. The fourth-order valence-electron chi connectivity index (χ4n) is 4.85. The molecule has 0 aliphatic heterocycles. The molecule has 0 bridgehead atoms. The van der Waals surface area contributed by atoms with Crippen molar-refractivity contribution in [1.82, 2.24) is 5.32 Å². The van der Waals surface area contributed by atoms with Crippen LogP contribution in [0.15, 0.2) is 54.6 Å². The summed E-state index contributed by atoms with van der Waals surface area (Å²) >= 11 is 0. The molecular weight excluding hydrogens is 514 g/mol. The Morgan fingerprint density at radius 3 is 2.48 bits per heavy atom. The van der Waals surface area contributed by atoms with Gasteiger partial charge in [-0.25, -0.2) is 4.79 Å². The smallest absolute Gasteiger partial charge is 0.344 e. The van der Waals surface area contributed by atoms with E-state index in [0.717, 1.165) is 12.0 Å². The topological polar surface area (TPSA) is 128 Å². The Hall–Kier alpha value is -3.46. The lowest BCUT2D eigenvalue weighted by atomic mass is 9.89. The van der Waals surface area contributed by atoms with Gasteiger partial charge in [-0.2, -0.15) is 0 Å². The molecule has 2 rings (SSSR count). The van der Waals surface area contributed by atoms with Crippen molar-refractivity contribution in [3.63, 3.8) is 0 Å². The van der Waals surface area contributed by atoms with Crippen LogP contribution in [-0.4, -0.2) is 60.4 Å². The van der Waals surface area contributed by atoms with Crippen LogP contribution in [0.5, 0.6) is 0 Å². The highest BCUT2D eigenvalue weighted by Gasteiger charge is 2.45. The lowest BCUT2D eigenvalue weighted by molar-refractivity contribution is -0.162. The lowest BCUT2D eigenvalue weighted by Gasteiger charge is -2.23. The molecular formula is C31H43NO8. The first kappa shape index (κ1) is 32.8. The Kier molecular flexibility index (Phi) is 14.7. The quantitative estimate of drug-likeness (QED) is 0.136. The van der Waals surface area contributed by atoms with E-state index >= 15 is 0 Å². The van der Waals surface area contributed by atoms with Crippen LogP contribution in [-0.2, 0) is 39.8 Å². The van der Waals surface area contributed by atoms with E-state index in [0.29, 0.717) is 38.6 Å². The molecule has 1 amide bonds. The summed E-state index contributed by atoms with van der Waals surface area (Å²) in [5.74, 6) is -2.22. The van der Waals surface area contributed by atoms with E-state index in [9.17, 15) is 24.3 Å². The summed E-state index contributed by atoms with van der Waals surface area (Å²) in [6.45, 7) is 4.53. The zero-order chi connectivity index (χ0) is 29.3. The molecule has 0 unspecified atom stereocenters. The van der Waals surface area contributed by atoms with Crippen molar-refractivity contribution in [3.8, 4) is 0 Å². The number of benzene rings is 1. The molecule has 1 aliphatic rings. The second-order valence-corrected chi connectivity index (χ2v) is 9.96. The number of aryl methyl sites for hydroxylation is 1. The number of unbranched alkanes of at least 4 members (excludes halogenated alkanes) is 1. The van der Waals surface area contributed by atoms with E-state index in [4.69, 9.17) is 14.2 Å². The molecule has 2 N–H and O–H groups in total. The van der Waals surface area contributed by atoms with Crippen LogP contribution in [0, 0.1) is 11.8 Å². The SMILES string of the molecule is CCNC(=O)CCC/C=C\C[C@@H]1[C@@H](/C=C/[C@@H](O)CCc2ccccc2)[C@H](OC(=O)COC(C)=O)C[C@@H]1OC(C)=O. The summed E-state index contributed by atoms with van der Waals surface area (Å²) in [6, 6.07) is 9.87. The van der Waals surface area contributed by atoms with E-state index in [2.05, 4.69) is 5.32 Å². The third kappa shape index (κ3) is 12.6. The van der Waals surface area contributed by atoms with Crippen molar-refractivity contribution in [2.75, 3.05) is 13.2 Å². The van der Waals surface area contributed by atoms with Crippen molar-refractivity contribution >= 4 is 23.8 Å². The molecule has 0 radical (unpaired) electrons. The number of rotatable bonds is 16. The van der Waals surface area contributed by atoms with Crippen molar-refractivity contribution < 1.29 is 38.5 Å². The van der Waals surface area contributed by atoms with Gasteiger partial charge >= 0.3 is 17.9 Å². The zero-order valence-electron chi connectivity index (χ0n) is 23.8. The van der Waals surface area contributed by atoms with Gasteiger partial charge in [0.15, 0.2) is 6.61 Å². The second-order valence-electron chi connectivity index (χ2n) is 9.96. The Morgan fingerprint density at radius 1 is 1.05 bits per heavy atom. The van der Waals surface area contributed by atoms with Gasteiger partial charge in [0.05, 0.1) is 6.10 Å². The molecule has 0 saturated heterocycles. The maximum absolute atomic E-state index is 12.4. The third-order valence-electron chi connectivity index (χ3n) is 6.71. The lowest BCUT2D eigenvalue weighted by Crippen LogP contribution is -2.27. The fraction of sp³-hybridized carbons (Fsp3) is 0.548. The van der Waals surface area contributed by atoms with Gasteiger partial charge < -0.3 is 24.6 Å². The summed E-state index contributed by atoms with van der Waals surface area (Å²) in [5.41, 5.74) is 1.12. The zero-order valence-corrected chi connectivity index (χ0v) is 23.8. The van der Waals surface area contributed by atoms with Crippen LogP contribution in [0.2, 0.25) is 0 Å². The van der Waals surface area contributed by atoms with Gasteiger partial charge in [0.1, 0.15) is 12.2 Å². The molecule has 40 heavy (non-hydrogen) atoms. The molecule has 9 nitrogen and oxygen atoms in total. The molecule has 0 spiro atoms. The van der Waals surface area contributed by atoms with Crippen molar-refractivity contribution in [2.45, 2.75) is 84.0 Å². The van der Waals surface area contributed by atoms with Crippen molar-refractivity contribution in [2.24, 2.45) is 11.8 Å². The number of carbonyl (C=O) groups is 4. The van der Waals surface area contributed by atoms with E-state index in [1.165, 1.54) is 13.8 Å². The maximum atomic E-state index is 12.4. The Morgan fingerprint density at radius 2 is 1.80 bits per heavy atom. The van der Waals surface area contributed by atoms with E-state index in [-0.39, 0.29) is 24.2 Å². The molecule has 1 fully saturated rings. The van der Waals surface area contributed by atoms with Crippen molar-refractivity contribution in [3.05, 3.63) is 60.2 Å². The number of hydrogen-bond donors (Lipinski definition) is 2. The fourth-order valence-corrected chi connectivity index (χ4v) is 4.85. The third-order valence-corrected chi connectivity index (χ3v) is 6.71. The number of hydrogen-bond acceptors (Lipinski definition) is 8. The van der Waals surface area contributed by atoms with Gasteiger partial charge in [0.2, 0.25) is 5.91 Å². The van der Waals surface area contributed by atoms with Crippen LogP contribution in [0.3, 0.4) is 0 Å². The molecule has 220 valence electrons. The normalized spacial score (nSPS) is 21.3. The summed E-state index contributed by atoms with van der Waals surface area (Å²) in [5, 5.41) is 13.4. The molecule has 0 heterocycles. The molecule has 0 aromatic heterocycles. The molecule has 9 heteroatoms. The van der Waals surface area contributed by atoms with Crippen LogP contribution in [0.4, 0.5) is 0 Å². The first-order valence-corrected chi connectivity index (χ1v) is 14.0. The first-order chi connectivity index (χ1) is 19.2. The molecule has 1 aromatic carbocycles. The molecule has 5 atom stereocenters. The van der Waals surface area contributed by atoms with Gasteiger partial charge in [-0.05, 0) is 44.6 Å². The standard InChI is InChI=1S/C31H43NO8/c1-4-32-30(36)15-11-6-5-10-14-26-27(19-18-25(35)17-16-24-12-8-7-9-13-24)29(20-28(26)39-23(3)34)40-31(37)21-38-22(2)33/h5,7-10,12-13,18-19,25-29,35H,4,6,11,14-17,20-21H2,1-3H3,(H,32,36)/b10-5-,19-18+/t25-,26+,27+,28-,29+/m0/s1. The molecule has 1 saturated carbocycles. The van der Waals surface area contributed by atoms with Crippen LogP contribution < -0.4 is 5.32 Å². The number of aliphatic hydroxyl groups is 1. The van der Waals surface area contributed by atoms with Gasteiger partial charge in [0.25, 0.3) is 0 Å². The summed E-state index contributed by atoms with van der Waals surface area (Å²) in [4.78, 5) is 47.0. The van der Waals surface area contributed by atoms with Gasteiger partial charge in [0, 0.05) is 45.1 Å². The Bertz CT molecular complexity index is 1010. The predicted octanol–water partition coefficient (Wildman–Crippen LogP) is 3.83. The first-order valence-electron chi connectivity index (χ1n) is 14.0. The summed E-state index contributed by atoms with van der Waals surface area (Å²) in [7, 11) is 0. The van der Waals surface area contributed by atoms with Gasteiger partial charge in [-0.1, -0.05) is 54.6 Å². The van der Waals surface area contributed by atoms with Crippen LogP contribution in [0.1, 0.15) is 64.9 Å². The average molecular weight is 558 g/mol. The Labute approximate surface area is 237 Å². The predicted molar refractivity (Wildman–Crippen MR) is 150 cm³/mol. The summed E-state index contributed by atoms with van der Waals surface area (Å²) in [6.07, 6.45) is 9.66. The summed E-state index contributed by atoms with van der Waals surface area (Å²) < 4.78 is 16.1. The van der Waals surface area contributed by atoms with E-state index in [1.807, 2.05) is 55.5 Å². The number of carbonyl (C=O) groups excluding carboxylic acids is 4. The number of aliphatic hydroxyl groups excluding tert-OH is 1. The van der Waals surface area contributed by atoms with Gasteiger partial charge in [-0.15, -0.1) is 0 Å². The number of amides is 1. The Balaban J connectivity index is 2.12. The number of allylic oxidation sites excluding steroid dienone is 2. The van der Waals surface area contributed by atoms with Gasteiger partial charge in [-0.3, -0.25) is 14.4 Å². The minimum absolute atomic E-state index is 0.0241. The second kappa shape index (κ2) is 18.0. The van der Waals surface area contributed by atoms with Crippen LogP contribution in [0.25, 0.3) is 0 Å². The number of ether oxygens (including phenoxy) is 3. The van der Waals surface area contributed by atoms with Crippen molar-refractivity contribution in [1.29, 1.82) is 0 Å². The highest BCUT2D eigenvalue weighted by Crippen LogP contribution is 2.40. The van der Waals surface area contributed by atoms with Crippen LogP contribution >= 0.6 is 0 Å². The molecule has 1 aliphatic carbocycles. The van der Waals surface area contributed by atoms with E-state index in [1.54, 1.807) is 6.08 Å². The highest BCUT2D eigenvalue weighted by molar-refractivity contribution is 5.76. The number of nitrogens with one attached hydrogen (secondary N) is 1. The minimum Gasteiger partial charge on any atom is -0.462 e. The largest absolute Gasteiger partial charge is 0.462 e. The molecule has 1 aromatic rings. The maximum Gasteiger partial charge on any atom is 0.344 e. The average Bonchev–Trinajstić information content (AvgIpc) is 3.22. The minimum atomic E-state index is -0.712.